The van der Waals surface area contributed by atoms with Gasteiger partial charge in [-0.2, -0.15) is 0 Å². The standard InChI is InChI=1S/C30H31N3O4S/c1-2-37-27-10-4-3-7-26(27)21-32-17-19-33(20-18-32)30(34)25-14-12-23(13-15-25)22-38(35,36)28-11-5-8-24-9-6-16-31-29(24)28/h3-16H,2,17-22H2,1H3. The predicted molar refractivity (Wildman–Crippen MR) is 148 cm³/mol. The van der Waals surface area contributed by atoms with Crippen molar-refractivity contribution >= 4 is 26.6 Å². The first kappa shape index (κ1) is 25.9. The van der Waals surface area contributed by atoms with Crippen LogP contribution in [-0.2, 0) is 22.1 Å². The number of para-hydroxylation sites is 2. The minimum absolute atomic E-state index is 0.0352. The van der Waals surface area contributed by atoms with Crippen LogP contribution < -0.4 is 4.74 Å². The fraction of sp³-hybridized carbons (Fsp3) is 0.267. The van der Waals surface area contributed by atoms with Crippen molar-refractivity contribution in [2.45, 2.75) is 24.1 Å². The van der Waals surface area contributed by atoms with Gasteiger partial charge in [0.1, 0.15) is 5.75 Å². The molecule has 1 aliphatic rings. The molecular weight excluding hydrogens is 498 g/mol. The fourth-order valence-corrected chi connectivity index (χ4v) is 6.37. The zero-order chi connectivity index (χ0) is 26.5. The van der Waals surface area contributed by atoms with E-state index >= 15 is 0 Å². The van der Waals surface area contributed by atoms with E-state index in [-0.39, 0.29) is 16.6 Å². The van der Waals surface area contributed by atoms with Crippen LogP contribution in [0.3, 0.4) is 0 Å². The first-order valence-corrected chi connectivity index (χ1v) is 14.5. The molecule has 8 heteroatoms. The number of pyridine rings is 1. The number of hydrogen-bond donors (Lipinski definition) is 0. The first-order chi connectivity index (χ1) is 18.4. The van der Waals surface area contributed by atoms with Crippen molar-refractivity contribution in [3.63, 3.8) is 0 Å². The van der Waals surface area contributed by atoms with Gasteiger partial charge < -0.3 is 9.64 Å². The fourth-order valence-electron chi connectivity index (χ4n) is 4.83. The molecule has 0 unspecified atom stereocenters. The largest absolute Gasteiger partial charge is 0.494 e. The number of carbonyl (C=O) groups is 1. The second-order valence-electron chi connectivity index (χ2n) is 9.40. The number of sulfone groups is 1. The molecule has 3 aromatic carbocycles. The van der Waals surface area contributed by atoms with Crippen molar-refractivity contribution < 1.29 is 17.9 Å². The Bertz CT molecular complexity index is 1520. The number of aromatic nitrogens is 1. The lowest BCUT2D eigenvalue weighted by molar-refractivity contribution is 0.0627. The summed E-state index contributed by atoms with van der Waals surface area (Å²) >= 11 is 0. The van der Waals surface area contributed by atoms with E-state index in [1.807, 2.05) is 42.2 Å². The van der Waals surface area contributed by atoms with Gasteiger partial charge in [-0.05, 0) is 42.8 Å². The molecule has 2 heterocycles. The van der Waals surface area contributed by atoms with Crippen LogP contribution in [0, 0.1) is 0 Å². The van der Waals surface area contributed by atoms with E-state index in [1.165, 1.54) is 0 Å². The van der Waals surface area contributed by atoms with Crippen LogP contribution in [0.5, 0.6) is 5.75 Å². The minimum Gasteiger partial charge on any atom is -0.494 e. The summed E-state index contributed by atoms with van der Waals surface area (Å²) in [5, 5.41) is 0.785. The van der Waals surface area contributed by atoms with Crippen LogP contribution >= 0.6 is 0 Å². The van der Waals surface area contributed by atoms with E-state index in [0.717, 1.165) is 36.3 Å². The van der Waals surface area contributed by atoms with Gasteiger partial charge in [0.2, 0.25) is 0 Å². The van der Waals surface area contributed by atoms with Gasteiger partial charge in [0.15, 0.2) is 9.84 Å². The monoisotopic (exact) mass is 529 g/mol. The molecule has 4 aromatic rings. The molecule has 0 spiro atoms. The highest BCUT2D eigenvalue weighted by molar-refractivity contribution is 7.90. The molecule has 1 fully saturated rings. The van der Waals surface area contributed by atoms with Gasteiger partial charge in [-0.1, -0.05) is 48.5 Å². The zero-order valence-corrected chi connectivity index (χ0v) is 22.2. The van der Waals surface area contributed by atoms with Gasteiger partial charge in [0.25, 0.3) is 5.91 Å². The molecule has 0 bridgehead atoms. The maximum Gasteiger partial charge on any atom is 0.253 e. The number of rotatable bonds is 8. The van der Waals surface area contributed by atoms with Gasteiger partial charge in [-0.3, -0.25) is 14.7 Å². The van der Waals surface area contributed by atoms with E-state index < -0.39 is 9.84 Å². The lowest BCUT2D eigenvalue weighted by atomic mass is 10.1. The molecule has 1 aromatic heterocycles. The van der Waals surface area contributed by atoms with E-state index in [0.29, 0.717) is 36.3 Å². The molecule has 1 amide bonds. The first-order valence-electron chi connectivity index (χ1n) is 12.8. The molecular formula is C30H31N3O4S. The highest BCUT2D eigenvalue weighted by atomic mass is 32.2. The average molecular weight is 530 g/mol. The maximum absolute atomic E-state index is 13.2. The Morgan fingerprint density at radius 1 is 0.895 bits per heavy atom. The van der Waals surface area contributed by atoms with Gasteiger partial charge in [0, 0.05) is 55.4 Å². The number of hydrogen-bond acceptors (Lipinski definition) is 6. The van der Waals surface area contributed by atoms with Gasteiger partial charge in [-0.15, -0.1) is 0 Å². The summed E-state index contributed by atoms with van der Waals surface area (Å²) in [7, 11) is -3.60. The maximum atomic E-state index is 13.2. The number of benzene rings is 3. The number of fused-ring (bicyclic) bond motifs is 1. The van der Waals surface area contributed by atoms with Crippen molar-refractivity contribution in [1.29, 1.82) is 0 Å². The van der Waals surface area contributed by atoms with Crippen LogP contribution in [0.15, 0.2) is 90.0 Å². The quantitative estimate of drug-likeness (QED) is 0.333. The lowest BCUT2D eigenvalue weighted by Gasteiger charge is -2.35. The molecule has 0 saturated carbocycles. The molecule has 1 aliphatic heterocycles. The summed E-state index contributed by atoms with van der Waals surface area (Å²) in [5.41, 5.74) is 2.82. The Kier molecular flexibility index (Phi) is 7.72. The summed E-state index contributed by atoms with van der Waals surface area (Å²) in [6, 6.07) is 23.8. The SMILES string of the molecule is CCOc1ccccc1CN1CCN(C(=O)c2ccc(CS(=O)(=O)c3cccc4cccnc34)cc2)CC1. The Labute approximate surface area is 223 Å². The van der Waals surface area contributed by atoms with Crippen molar-refractivity contribution in [1.82, 2.24) is 14.8 Å². The Morgan fingerprint density at radius 3 is 2.39 bits per heavy atom. The molecule has 7 nitrogen and oxygen atoms in total. The van der Waals surface area contributed by atoms with Crippen molar-refractivity contribution in [3.8, 4) is 5.75 Å². The van der Waals surface area contributed by atoms with Crippen LogP contribution in [0.2, 0.25) is 0 Å². The van der Waals surface area contributed by atoms with Crippen LogP contribution in [0.1, 0.15) is 28.4 Å². The van der Waals surface area contributed by atoms with E-state index in [2.05, 4.69) is 16.0 Å². The minimum atomic E-state index is -3.60. The van der Waals surface area contributed by atoms with Gasteiger partial charge in [-0.25, -0.2) is 8.42 Å². The van der Waals surface area contributed by atoms with Crippen molar-refractivity contribution in [3.05, 3.63) is 102 Å². The Balaban J connectivity index is 1.20. The number of amides is 1. The highest BCUT2D eigenvalue weighted by Gasteiger charge is 2.24. The predicted octanol–water partition coefficient (Wildman–Crippen LogP) is 4.57. The summed E-state index contributed by atoms with van der Waals surface area (Å²) < 4.78 is 32.1. The summed E-state index contributed by atoms with van der Waals surface area (Å²) in [6.45, 7) is 6.23. The summed E-state index contributed by atoms with van der Waals surface area (Å²) in [5.74, 6) is 0.721. The second kappa shape index (κ2) is 11.3. The lowest BCUT2D eigenvalue weighted by Crippen LogP contribution is -2.48. The third-order valence-corrected chi connectivity index (χ3v) is 8.53. The molecule has 1 saturated heterocycles. The van der Waals surface area contributed by atoms with E-state index in [9.17, 15) is 13.2 Å². The molecule has 196 valence electrons. The molecule has 38 heavy (non-hydrogen) atoms. The normalized spacial score (nSPS) is 14.5. The molecule has 0 aliphatic carbocycles. The van der Waals surface area contributed by atoms with Crippen LogP contribution in [0.25, 0.3) is 10.9 Å². The number of piperazine rings is 1. The topological polar surface area (TPSA) is 79.8 Å². The van der Waals surface area contributed by atoms with E-state index in [1.54, 1.807) is 48.7 Å². The third-order valence-electron chi connectivity index (χ3n) is 6.81. The van der Waals surface area contributed by atoms with Gasteiger partial charge in [0.05, 0.1) is 22.8 Å². The zero-order valence-electron chi connectivity index (χ0n) is 21.4. The second-order valence-corrected chi connectivity index (χ2v) is 11.4. The number of nitrogens with zero attached hydrogens (tertiary/aromatic N) is 3. The molecule has 0 atom stereocenters. The third kappa shape index (κ3) is 5.71. The van der Waals surface area contributed by atoms with Crippen molar-refractivity contribution in [2.75, 3.05) is 32.8 Å². The average Bonchev–Trinajstić information content (AvgIpc) is 2.94. The highest BCUT2D eigenvalue weighted by Crippen LogP contribution is 2.25. The molecule has 0 N–H and O–H groups in total. The molecule has 0 radical (unpaired) electrons. The van der Waals surface area contributed by atoms with Crippen LogP contribution in [0.4, 0.5) is 0 Å². The smallest absolute Gasteiger partial charge is 0.253 e. The van der Waals surface area contributed by atoms with Crippen molar-refractivity contribution in [2.24, 2.45) is 0 Å². The molecule has 5 rings (SSSR count). The van der Waals surface area contributed by atoms with Gasteiger partial charge >= 0.3 is 0 Å². The summed E-state index contributed by atoms with van der Waals surface area (Å²) in [4.78, 5) is 21.8. The van der Waals surface area contributed by atoms with E-state index in [4.69, 9.17) is 4.74 Å². The Morgan fingerprint density at radius 2 is 1.63 bits per heavy atom. The van der Waals surface area contributed by atoms with Crippen LogP contribution in [-0.4, -0.2) is 61.9 Å². The number of carbonyl (C=O) groups excluding carboxylic acids is 1. The Hall–Kier alpha value is -3.75. The number of ether oxygens (including phenoxy) is 1. The summed E-state index contributed by atoms with van der Waals surface area (Å²) in [6.07, 6.45) is 1.60.